The Morgan fingerprint density at radius 1 is 0.652 bits per heavy atom. The lowest BCUT2D eigenvalue weighted by atomic mass is 9.75. The van der Waals surface area contributed by atoms with Gasteiger partial charge in [0.15, 0.2) is 0 Å². The number of unbranched alkanes of at least 4 members (excludes halogenated alkanes) is 2. The van der Waals surface area contributed by atoms with E-state index >= 15 is 0 Å². The molecule has 0 amide bonds. The molecule has 0 saturated heterocycles. The second-order valence-corrected chi connectivity index (χ2v) is 8.54. The minimum Gasteiger partial charge on any atom is -0.381 e. The number of rotatable bonds is 10. The van der Waals surface area contributed by atoms with Crippen LogP contribution < -0.4 is 0 Å². The molecule has 0 N–H and O–H groups in total. The highest BCUT2D eigenvalue weighted by Gasteiger charge is 2.24. The number of hydrogen-bond acceptors (Lipinski definition) is 1. The minimum atomic E-state index is 0.868. The molecule has 0 heterocycles. The van der Waals surface area contributed by atoms with Crippen LogP contribution >= 0.6 is 0 Å². The first-order valence-electron chi connectivity index (χ1n) is 10.9. The molecule has 2 rings (SSSR count). The second-order valence-electron chi connectivity index (χ2n) is 8.54. The van der Waals surface area contributed by atoms with Crippen molar-refractivity contribution in [2.24, 2.45) is 23.7 Å². The maximum atomic E-state index is 5.89. The first kappa shape index (κ1) is 19.3. The van der Waals surface area contributed by atoms with Crippen LogP contribution in [-0.4, -0.2) is 13.2 Å². The molecule has 2 aliphatic carbocycles. The van der Waals surface area contributed by atoms with Gasteiger partial charge < -0.3 is 4.74 Å². The molecule has 0 unspecified atom stereocenters. The van der Waals surface area contributed by atoms with Crippen LogP contribution in [0.3, 0.4) is 0 Å². The van der Waals surface area contributed by atoms with Crippen LogP contribution in [0.5, 0.6) is 0 Å². The van der Waals surface area contributed by atoms with Gasteiger partial charge >= 0.3 is 0 Å². The van der Waals surface area contributed by atoms with Gasteiger partial charge in [0.25, 0.3) is 0 Å². The van der Waals surface area contributed by atoms with Crippen molar-refractivity contribution in [3.63, 3.8) is 0 Å². The Balaban J connectivity index is 1.48. The number of ether oxygens (including phenoxy) is 1. The predicted octanol–water partition coefficient (Wildman–Crippen LogP) is 7.00. The van der Waals surface area contributed by atoms with Gasteiger partial charge in [-0.1, -0.05) is 84.5 Å². The van der Waals surface area contributed by atoms with E-state index in [1.807, 2.05) is 0 Å². The number of hydrogen-bond donors (Lipinski definition) is 0. The van der Waals surface area contributed by atoms with E-state index in [1.165, 1.54) is 89.9 Å². The normalized spacial score (nSPS) is 32.1. The molecular weight excluding hydrogens is 280 g/mol. The zero-order valence-corrected chi connectivity index (χ0v) is 16.0. The molecule has 0 spiro atoms. The van der Waals surface area contributed by atoms with Crippen LogP contribution in [-0.2, 0) is 4.74 Å². The summed E-state index contributed by atoms with van der Waals surface area (Å²) in [6.45, 7) is 6.67. The quantitative estimate of drug-likeness (QED) is 0.393. The summed E-state index contributed by atoms with van der Waals surface area (Å²) < 4.78 is 5.89. The predicted molar refractivity (Wildman–Crippen MR) is 101 cm³/mol. The lowest BCUT2D eigenvalue weighted by Gasteiger charge is -2.31. The van der Waals surface area contributed by atoms with Gasteiger partial charge in [0.2, 0.25) is 0 Å². The third-order valence-electron chi connectivity index (χ3n) is 6.74. The zero-order valence-electron chi connectivity index (χ0n) is 16.0. The average molecular weight is 323 g/mol. The van der Waals surface area contributed by atoms with Crippen molar-refractivity contribution < 1.29 is 4.74 Å². The standard InChI is InChI=1S/C22H42O/c1-3-5-6-17-23-18-22-15-13-21(14-16-22)12-11-20-9-7-19(4-2)8-10-20/h19-22H,3-18H2,1-2H3/t19-,20-,21-,22-. The summed E-state index contributed by atoms with van der Waals surface area (Å²) in [5.74, 6) is 4.03. The van der Waals surface area contributed by atoms with Crippen LogP contribution in [0.15, 0.2) is 0 Å². The van der Waals surface area contributed by atoms with Crippen LogP contribution in [0.2, 0.25) is 0 Å². The Labute approximate surface area is 146 Å². The first-order valence-corrected chi connectivity index (χ1v) is 10.9. The summed E-state index contributed by atoms with van der Waals surface area (Å²) in [6.07, 6.45) is 20.3. The molecular formula is C22H42O. The van der Waals surface area contributed by atoms with Crippen LogP contribution in [0.25, 0.3) is 0 Å². The highest BCUT2D eigenvalue weighted by molar-refractivity contribution is 4.76. The van der Waals surface area contributed by atoms with E-state index in [-0.39, 0.29) is 0 Å². The Morgan fingerprint density at radius 3 is 1.70 bits per heavy atom. The SMILES string of the molecule is CCCCCOC[C@H]1CC[C@H](CC[C@H]2CC[C@H](CC)CC2)CC1. The van der Waals surface area contributed by atoms with E-state index in [0.717, 1.165) is 36.9 Å². The van der Waals surface area contributed by atoms with Gasteiger partial charge in [0.05, 0.1) is 0 Å². The molecule has 0 atom stereocenters. The maximum absolute atomic E-state index is 5.89. The molecule has 2 fully saturated rings. The Kier molecular flexibility index (Phi) is 9.65. The van der Waals surface area contributed by atoms with E-state index in [2.05, 4.69) is 13.8 Å². The minimum absolute atomic E-state index is 0.868. The van der Waals surface area contributed by atoms with E-state index in [4.69, 9.17) is 4.74 Å². The molecule has 2 aliphatic rings. The fourth-order valence-corrected chi connectivity index (χ4v) is 4.79. The van der Waals surface area contributed by atoms with Crippen LogP contribution in [0.1, 0.15) is 104 Å². The Hall–Kier alpha value is -0.0400. The third-order valence-corrected chi connectivity index (χ3v) is 6.74. The van der Waals surface area contributed by atoms with Crippen molar-refractivity contribution in [2.45, 2.75) is 104 Å². The van der Waals surface area contributed by atoms with Crippen molar-refractivity contribution in [1.82, 2.24) is 0 Å². The van der Waals surface area contributed by atoms with Gasteiger partial charge in [-0.15, -0.1) is 0 Å². The molecule has 0 aliphatic heterocycles. The van der Waals surface area contributed by atoms with Gasteiger partial charge in [-0.3, -0.25) is 0 Å². The fourth-order valence-electron chi connectivity index (χ4n) is 4.79. The van der Waals surface area contributed by atoms with E-state index in [1.54, 1.807) is 0 Å². The zero-order chi connectivity index (χ0) is 16.3. The van der Waals surface area contributed by atoms with Crippen LogP contribution in [0, 0.1) is 23.7 Å². The van der Waals surface area contributed by atoms with Crippen molar-refractivity contribution >= 4 is 0 Å². The van der Waals surface area contributed by atoms with Crippen molar-refractivity contribution in [3.8, 4) is 0 Å². The molecule has 0 bridgehead atoms. The van der Waals surface area contributed by atoms with Crippen molar-refractivity contribution in [2.75, 3.05) is 13.2 Å². The third kappa shape index (κ3) is 7.59. The molecule has 0 aromatic rings. The van der Waals surface area contributed by atoms with E-state index in [0.29, 0.717) is 0 Å². The average Bonchev–Trinajstić information content (AvgIpc) is 2.61. The molecule has 136 valence electrons. The maximum Gasteiger partial charge on any atom is 0.0494 e. The first-order chi connectivity index (χ1) is 11.3. The topological polar surface area (TPSA) is 9.23 Å². The molecule has 0 radical (unpaired) electrons. The summed E-state index contributed by atoms with van der Waals surface area (Å²) >= 11 is 0. The smallest absolute Gasteiger partial charge is 0.0494 e. The largest absolute Gasteiger partial charge is 0.381 e. The van der Waals surface area contributed by atoms with E-state index in [9.17, 15) is 0 Å². The molecule has 0 aromatic carbocycles. The molecule has 2 saturated carbocycles. The highest BCUT2D eigenvalue weighted by Crippen LogP contribution is 2.37. The van der Waals surface area contributed by atoms with Gasteiger partial charge in [-0.2, -0.15) is 0 Å². The van der Waals surface area contributed by atoms with Crippen molar-refractivity contribution in [1.29, 1.82) is 0 Å². The lowest BCUT2D eigenvalue weighted by Crippen LogP contribution is -2.20. The van der Waals surface area contributed by atoms with Gasteiger partial charge in [-0.25, -0.2) is 0 Å². The highest BCUT2D eigenvalue weighted by atomic mass is 16.5. The summed E-state index contributed by atoms with van der Waals surface area (Å²) in [5, 5.41) is 0. The van der Waals surface area contributed by atoms with E-state index < -0.39 is 0 Å². The molecule has 1 nitrogen and oxygen atoms in total. The summed E-state index contributed by atoms with van der Waals surface area (Å²) in [7, 11) is 0. The summed E-state index contributed by atoms with van der Waals surface area (Å²) in [6, 6.07) is 0. The Morgan fingerprint density at radius 2 is 1.17 bits per heavy atom. The van der Waals surface area contributed by atoms with Crippen molar-refractivity contribution in [3.05, 3.63) is 0 Å². The summed E-state index contributed by atoms with van der Waals surface area (Å²) in [5.41, 5.74) is 0. The van der Waals surface area contributed by atoms with Gasteiger partial charge in [0.1, 0.15) is 0 Å². The fraction of sp³-hybridized carbons (Fsp3) is 1.00. The molecule has 23 heavy (non-hydrogen) atoms. The lowest BCUT2D eigenvalue weighted by molar-refractivity contribution is 0.0736. The van der Waals surface area contributed by atoms with Gasteiger partial charge in [-0.05, 0) is 42.9 Å². The molecule has 0 aromatic heterocycles. The monoisotopic (exact) mass is 322 g/mol. The summed E-state index contributed by atoms with van der Waals surface area (Å²) in [4.78, 5) is 0. The Bertz CT molecular complexity index is 272. The van der Waals surface area contributed by atoms with Crippen LogP contribution in [0.4, 0.5) is 0 Å². The molecule has 1 heteroatoms. The second kappa shape index (κ2) is 11.5. The van der Waals surface area contributed by atoms with Gasteiger partial charge in [0, 0.05) is 13.2 Å².